The zero-order chi connectivity index (χ0) is 14.7. The predicted molar refractivity (Wildman–Crippen MR) is 93.9 cm³/mol. The zero-order valence-electron chi connectivity index (χ0n) is 14.3. The second kappa shape index (κ2) is 8.84. The summed E-state index contributed by atoms with van der Waals surface area (Å²) in [6.45, 7) is 13.0. The van der Waals surface area contributed by atoms with E-state index in [0.29, 0.717) is 12.2 Å². The predicted octanol–water partition coefficient (Wildman–Crippen LogP) is 1.98. The number of hydrogen-bond donors (Lipinski definition) is 1. The number of piperidine rings is 1. The van der Waals surface area contributed by atoms with E-state index < -0.39 is 0 Å². The summed E-state index contributed by atoms with van der Waals surface area (Å²) in [6.07, 6.45) is 6.32. The Morgan fingerprint density at radius 1 is 1.00 bits per heavy atom. The maximum atomic E-state index is 5.87. The third kappa shape index (κ3) is 5.07. The van der Waals surface area contributed by atoms with Crippen LogP contribution in [0.15, 0.2) is 0 Å². The zero-order valence-corrected chi connectivity index (χ0v) is 15.1. The lowest BCUT2D eigenvalue weighted by molar-refractivity contribution is -0.0725. The van der Waals surface area contributed by atoms with Crippen LogP contribution in [0.1, 0.15) is 39.5 Å². The number of nitrogens with one attached hydrogen (secondary N) is 1. The van der Waals surface area contributed by atoms with E-state index in [0.717, 1.165) is 25.0 Å². The first-order valence-corrected chi connectivity index (χ1v) is 9.03. The summed E-state index contributed by atoms with van der Waals surface area (Å²) in [5.74, 6) is 0.925. The molecule has 0 spiro atoms. The molecular formula is C17H34ClN3O. The number of rotatable bonds is 4. The fourth-order valence-electron chi connectivity index (χ4n) is 4.47. The van der Waals surface area contributed by atoms with Gasteiger partial charge in [0.2, 0.25) is 0 Å². The Morgan fingerprint density at radius 2 is 1.68 bits per heavy atom. The summed E-state index contributed by atoms with van der Waals surface area (Å²) in [7, 11) is 0. The van der Waals surface area contributed by atoms with Crippen LogP contribution in [0.3, 0.4) is 0 Å². The Labute approximate surface area is 142 Å². The first-order chi connectivity index (χ1) is 10.2. The topological polar surface area (TPSA) is 27.7 Å². The van der Waals surface area contributed by atoms with Gasteiger partial charge in [0.05, 0.1) is 12.2 Å². The Bertz CT molecular complexity index is 315. The van der Waals surface area contributed by atoms with Crippen molar-refractivity contribution in [2.75, 3.05) is 45.8 Å². The lowest BCUT2D eigenvalue weighted by atomic mass is 9.97. The minimum Gasteiger partial charge on any atom is -0.373 e. The molecule has 3 fully saturated rings. The molecule has 22 heavy (non-hydrogen) atoms. The molecule has 3 unspecified atom stereocenters. The molecule has 0 saturated carbocycles. The number of ether oxygens (including phenoxy) is 1. The summed E-state index contributed by atoms with van der Waals surface area (Å²) in [5, 5.41) is 3.49. The van der Waals surface area contributed by atoms with Crippen molar-refractivity contribution in [1.29, 1.82) is 0 Å². The van der Waals surface area contributed by atoms with Crippen molar-refractivity contribution in [2.24, 2.45) is 5.92 Å². The van der Waals surface area contributed by atoms with Crippen LogP contribution in [0.25, 0.3) is 0 Å². The van der Waals surface area contributed by atoms with Gasteiger partial charge in [-0.1, -0.05) is 0 Å². The van der Waals surface area contributed by atoms with Gasteiger partial charge < -0.3 is 10.1 Å². The van der Waals surface area contributed by atoms with Crippen molar-refractivity contribution in [2.45, 2.75) is 57.8 Å². The standard InChI is InChI=1S/C17H33N3O.ClH/c1-14-10-19(11-15(2)21-14)13-17-4-3-9-20(17)12-16-5-7-18-8-6-16;/h14-18H,3-13H2,1-2H3;1H. The average Bonchev–Trinajstić information content (AvgIpc) is 2.86. The fraction of sp³-hybridized carbons (Fsp3) is 1.00. The quantitative estimate of drug-likeness (QED) is 0.852. The summed E-state index contributed by atoms with van der Waals surface area (Å²) in [4.78, 5) is 5.44. The van der Waals surface area contributed by atoms with Gasteiger partial charge in [0, 0.05) is 32.2 Å². The molecule has 0 aromatic carbocycles. The molecule has 3 atom stereocenters. The molecule has 0 aliphatic carbocycles. The minimum absolute atomic E-state index is 0. The minimum atomic E-state index is 0. The van der Waals surface area contributed by atoms with Crippen molar-refractivity contribution < 1.29 is 4.74 Å². The lowest BCUT2D eigenvalue weighted by Crippen LogP contribution is -2.50. The van der Waals surface area contributed by atoms with Crippen molar-refractivity contribution in [3.63, 3.8) is 0 Å². The number of nitrogens with zero attached hydrogens (tertiary/aromatic N) is 2. The molecule has 3 saturated heterocycles. The molecule has 3 aliphatic heterocycles. The van der Waals surface area contributed by atoms with Crippen LogP contribution in [0.4, 0.5) is 0 Å². The highest BCUT2D eigenvalue weighted by molar-refractivity contribution is 5.85. The van der Waals surface area contributed by atoms with E-state index in [1.807, 2.05) is 0 Å². The molecule has 3 heterocycles. The lowest BCUT2D eigenvalue weighted by Gasteiger charge is -2.39. The first-order valence-electron chi connectivity index (χ1n) is 9.03. The maximum Gasteiger partial charge on any atom is 0.0678 e. The highest BCUT2D eigenvalue weighted by atomic mass is 35.5. The molecule has 0 aromatic heterocycles. The molecule has 1 N–H and O–H groups in total. The van der Waals surface area contributed by atoms with Crippen molar-refractivity contribution in [1.82, 2.24) is 15.1 Å². The van der Waals surface area contributed by atoms with Crippen LogP contribution in [0.5, 0.6) is 0 Å². The number of likely N-dealkylation sites (tertiary alicyclic amines) is 1. The summed E-state index contributed by atoms with van der Waals surface area (Å²) >= 11 is 0. The van der Waals surface area contributed by atoms with E-state index in [1.165, 1.54) is 58.4 Å². The molecule has 5 heteroatoms. The largest absolute Gasteiger partial charge is 0.373 e. The molecule has 3 aliphatic rings. The van der Waals surface area contributed by atoms with Gasteiger partial charge in [0.25, 0.3) is 0 Å². The Kier molecular flexibility index (Phi) is 7.42. The molecule has 3 rings (SSSR count). The third-order valence-corrected chi connectivity index (χ3v) is 5.41. The van der Waals surface area contributed by atoms with Gasteiger partial charge in [-0.15, -0.1) is 12.4 Å². The molecular weight excluding hydrogens is 298 g/mol. The summed E-state index contributed by atoms with van der Waals surface area (Å²) < 4.78 is 5.87. The van der Waals surface area contributed by atoms with Crippen molar-refractivity contribution in [3.05, 3.63) is 0 Å². The highest BCUT2D eigenvalue weighted by Crippen LogP contribution is 2.24. The van der Waals surface area contributed by atoms with Gasteiger partial charge >= 0.3 is 0 Å². The smallest absolute Gasteiger partial charge is 0.0678 e. The molecule has 0 aromatic rings. The highest BCUT2D eigenvalue weighted by Gasteiger charge is 2.31. The number of halogens is 1. The van der Waals surface area contributed by atoms with Gasteiger partial charge in [-0.05, 0) is 65.1 Å². The number of hydrogen-bond acceptors (Lipinski definition) is 4. The Hall–Kier alpha value is 0.130. The van der Waals surface area contributed by atoms with Crippen LogP contribution in [-0.2, 0) is 4.74 Å². The molecule has 4 nitrogen and oxygen atoms in total. The monoisotopic (exact) mass is 331 g/mol. The Balaban J connectivity index is 0.00000176. The van der Waals surface area contributed by atoms with Crippen molar-refractivity contribution >= 4 is 12.4 Å². The van der Waals surface area contributed by atoms with Crippen LogP contribution >= 0.6 is 12.4 Å². The maximum absolute atomic E-state index is 5.87. The Morgan fingerprint density at radius 3 is 2.36 bits per heavy atom. The summed E-state index contributed by atoms with van der Waals surface area (Å²) in [5.41, 5.74) is 0. The normalized spacial score (nSPS) is 35.5. The molecule has 0 radical (unpaired) electrons. The SMILES string of the molecule is CC1CN(CC2CCCN2CC2CCNCC2)CC(C)O1.Cl. The molecule has 0 bridgehead atoms. The van der Waals surface area contributed by atoms with Gasteiger partial charge in [-0.3, -0.25) is 9.80 Å². The fourth-order valence-corrected chi connectivity index (χ4v) is 4.47. The van der Waals surface area contributed by atoms with Gasteiger partial charge in [-0.2, -0.15) is 0 Å². The van der Waals surface area contributed by atoms with E-state index in [4.69, 9.17) is 4.74 Å². The first kappa shape index (κ1) is 18.5. The van der Waals surface area contributed by atoms with Crippen LogP contribution in [-0.4, -0.2) is 73.9 Å². The van der Waals surface area contributed by atoms with Crippen molar-refractivity contribution in [3.8, 4) is 0 Å². The summed E-state index contributed by atoms with van der Waals surface area (Å²) in [6, 6.07) is 0.789. The van der Waals surface area contributed by atoms with Gasteiger partial charge in [-0.25, -0.2) is 0 Å². The molecule has 130 valence electrons. The number of morpholine rings is 1. The average molecular weight is 332 g/mol. The van der Waals surface area contributed by atoms with E-state index in [1.54, 1.807) is 0 Å². The molecule has 0 amide bonds. The van der Waals surface area contributed by atoms with E-state index in [2.05, 4.69) is 29.0 Å². The second-order valence-electron chi connectivity index (χ2n) is 7.46. The van der Waals surface area contributed by atoms with Crippen LogP contribution in [0.2, 0.25) is 0 Å². The van der Waals surface area contributed by atoms with Gasteiger partial charge in [0.1, 0.15) is 0 Å². The van der Waals surface area contributed by atoms with E-state index in [-0.39, 0.29) is 12.4 Å². The third-order valence-electron chi connectivity index (χ3n) is 5.41. The van der Waals surface area contributed by atoms with Gasteiger partial charge in [0.15, 0.2) is 0 Å². The van der Waals surface area contributed by atoms with Crippen LogP contribution < -0.4 is 5.32 Å². The van der Waals surface area contributed by atoms with E-state index in [9.17, 15) is 0 Å². The second-order valence-corrected chi connectivity index (χ2v) is 7.46. The van der Waals surface area contributed by atoms with Crippen LogP contribution in [0, 0.1) is 5.92 Å². The van der Waals surface area contributed by atoms with E-state index >= 15 is 0 Å².